The summed E-state index contributed by atoms with van der Waals surface area (Å²) < 4.78 is 28.3. The van der Waals surface area contributed by atoms with Crippen molar-refractivity contribution in [1.29, 1.82) is 0 Å². The van der Waals surface area contributed by atoms with Crippen molar-refractivity contribution in [3.8, 4) is 0 Å². The molecule has 1 amide bonds. The third-order valence-electron chi connectivity index (χ3n) is 5.55. The molecule has 1 aliphatic rings. The lowest BCUT2D eigenvalue weighted by Crippen LogP contribution is -2.44. The SMILES string of the molecule is CCCCS(=O)(=O)N1CCC(C(=O)NC(CCSC)c2nnc3ccccn23)CC1. The molecule has 0 aliphatic carbocycles. The van der Waals surface area contributed by atoms with E-state index in [0.29, 0.717) is 32.4 Å². The number of rotatable bonds is 10. The van der Waals surface area contributed by atoms with Gasteiger partial charge in [0.1, 0.15) is 0 Å². The highest BCUT2D eigenvalue weighted by atomic mass is 32.2. The van der Waals surface area contributed by atoms with E-state index in [1.54, 1.807) is 16.1 Å². The lowest BCUT2D eigenvalue weighted by atomic mass is 9.96. The Morgan fingerprint density at radius 1 is 1.30 bits per heavy atom. The molecule has 0 bridgehead atoms. The standard InChI is InChI=1S/C20H31N5O3S2/c1-3-4-15-30(27,28)24-12-8-16(9-13-24)20(26)21-17(10-14-29-2)19-23-22-18-7-5-6-11-25(18)19/h5-7,11,16-17H,3-4,8-10,12-15H2,1-2H3,(H,21,26). The molecule has 1 saturated heterocycles. The van der Waals surface area contributed by atoms with Crippen LogP contribution in [0.1, 0.15) is 50.9 Å². The number of carbonyl (C=O) groups excluding carboxylic acids is 1. The van der Waals surface area contributed by atoms with Crippen molar-refractivity contribution in [2.24, 2.45) is 5.92 Å². The first kappa shape index (κ1) is 23.0. The third-order valence-corrected chi connectivity index (χ3v) is 8.15. The van der Waals surface area contributed by atoms with Gasteiger partial charge in [-0.25, -0.2) is 12.7 Å². The summed E-state index contributed by atoms with van der Waals surface area (Å²) in [4.78, 5) is 13.0. The van der Waals surface area contributed by atoms with Gasteiger partial charge in [-0.15, -0.1) is 10.2 Å². The molecular formula is C20H31N5O3S2. The molecule has 1 N–H and O–H groups in total. The average Bonchev–Trinajstić information content (AvgIpc) is 3.19. The lowest BCUT2D eigenvalue weighted by Gasteiger charge is -2.31. The first-order chi connectivity index (χ1) is 14.5. The van der Waals surface area contributed by atoms with Crippen molar-refractivity contribution in [2.75, 3.05) is 30.9 Å². The maximum Gasteiger partial charge on any atom is 0.223 e. The van der Waals surface area contributed by atoms with Crippen LogP contribution in [0.2, 0.25) is 0 Å². The van der Waals surface area contributed by atoms with Gasteiger partial charge in [-0.3, -0.25) is 9.20 Å². The van der Waals surface area contributed by atoms with Crippen molar-refractivity contribution in [3.63, 3.8) is 0 Å². The Bertz CT molecular complexity index is 939. The summed E-state index contributed by atoms with van der Waals surface area (Å²) in [6.07, 6.45) is 7.32. The predicted molar refractivity (Wildman–Crippen MR) is 120 cm³/mol. The number of fused-ring (bicyclic) bond motifs is 1. The normalized spacial score (nSPS) is 17.3. The van der Waals surface area contributed by atoms with Gasteiger partial charge in [-0.2, -0.15) is 11.8 Å². The molecule has 30 heavy (non-hydrogen) atoms. The number of piperidine rings is 1. The second-order valence-corrected chi connectivity index (χ2v) is 10.7. The zero-order chi connectivity index (χ0) is 21.6. The number of aromatic nitrogens is 3. The van der Waals surface area contributed by atoms with Crippen LogP contribution in [0.25, 0.3) is 5.65 Å². The summed E-state index contributed by atoms with van der Waals surface area (Å²) in [5.74, 6) is 1.60. The molecule has 2 aromatic rings. The van der Waals surface area contributed by atoms with Crippen LogP contribution in [-0.4, -0.2) is 64.1 Å². The summed E-state index contributed by atoms with van der Waals surface area (Å²) in [5, 5.41) is 11.7. The summed E-state index contributed by atoms with van der Waals surface area (Å²) >= 11 is 1.72. The molecule has 1 fully saturated rings. The van der Waals surface area contributed by atoms with Crippen LogP contribution >= 0.6 is 11.8 Å². The highest BCUT2D eigenvalue weighted by Gasteiger charge is 2.32. The Balaban J connectivity index is 1.64. The number of amides is 1. The number of unbranched alkanes of at least 4 members (excludes halogenated alkanes) is 1. The Kier molecular flexibility index (Phi) is 8.13. The van der Waals surface area contributed by atoms with Crippen LogP contribution in [0.15, 0.2) is 24.4 Å². The molecule has 1 unspecified atom stereocenters. The van der Waals surface area contributed by atoms with Gasteiger partial charge in [0.05, 0.1) is 11.8 Å². The van der Waals surface area contributed by atoms with Gasteiger partial charge < -0.3 is 5.32 Å². The number of sulfonamides is 1. The molecule has 0 saturated carbocycles. The Morgan fingerprint density at radius 3 is 2.77 bits per heavy atom. The molecule has 10 heteroatoms. The Labute approximate surface area is 182 Å². The monoisotopic (exact) mass is 453 g/mol. The highest BCUT2D eigenvalue weighted by molar-refractivity contribution is 7.98. The van der Waals surface area contributed by atoms with Gasteiger partial charge in [-0.1, -0.05) is 19.4 Å². The van der Waals surface area contributed by atoms with E-state index in [1.165, 1.54) is 0 Å². The van der Waals surface area contributed by atoms with E-state index < -0.39 is 10.0 Å². The van der Waals surface area contributed by atoms with Crippen molar-refractivity contribution in [3.05, 3.63) is 30.2 Å². The zero-order valence-electron chi connectivity index (χ0n) is 17.7. The number of nitrogens with one attached hydrogen (secondary N) is 1. The largest absolute Gasteiger partial charge is 0.346 e. The van der Waals surface area contributed by atoms with Gasteiger partial charge in [0.25, 0.3) is 0 Å². The van der Waals surface area contributed by atoms with E-state index in [0.717, 1.165) is 30.1 Å². The van der Waals surface area contributed by atoms with Crippen LogP contribution < -0.4 is 5.32 Å². The quantitative estimate of drug-likeness (QED) is 0.594. The van der Waals surface area contributed by atoms with Gasteiger partial charge in [0.15, 0.2) is 11.5 Å². The second-order valence-electron chi connectivity index (χ2n) is 7.67. The highest BCUT2D eigenvalue weighted by Crippen LogP contribution is 2.24. The van der Waals surface area contributed by atoms with Crippen molar-refractivity contribution in [2.45, 2.75) is 45.1 Å². The fourth-order valence-corrected chi connectivity index (χ4v) is 5.89. The third kappa shape index (κ3) is 5.53. The molecule has 0 radical (unpaired) electrons. The first-order valence-corrected chi connectivity index (χ1v) is 13.5. The summed E-state index contributed by atoms with van der Waals surface area (Å²) in [6, 6.07) is 5.49. The van der Waals surface area contributed by atoms with Crippen LogP contribution in [0.4, 0.5) is 0 Å². The second kappa shape index (κ2) is 10.6. The van der Waals surface area contributed by atoms with E-state index in [1.807, 2.05) is 42.0 Å². The van der Waals surface area contributed by atoms with E-state index in [4.69, 9.17) is 0 Å². The molecule has 0 spiro atoms. The summed E-state index contributed by atoms with van der Waals surface area (Å²) in [5.41, 5.74) is 0.751. The fraction of sp³-hybridized carbons (Fsp3) is 0.650. The maximum atomic E-state index is 13.0. The number of carbonyl (C=O) groups is 1. The number of nitrogens with zero attached hydrogens (tertiary/aromatic N) is 4. The molecule has 166 valence electrons. The molecular weight excluding hydrogens is 422 g/mol. The Morgan fingerprint density at radius 2 is 2.07 bits per heavy atom. The molecule has 0 aromatic carbocycles. The predicted octanol–water partition coefficient (Wildman–Crippen LogP) is 2.48. The summed E-state index contributed by atoms with van der Waals surface area (Å²) in [6.45, 7) is 2.80. The van der Waals surface area contributed by atoms with E-state index in [-0.39, 0.29) is 23.6 Å². The van der Waals surface area contributed by atoms with Crippen LogP contribution in [0.5, 0.6) is 0 Å². The fourth-order valence-electron chi connectivity index (χ4n) is 3.74. The molecule has 2 aromatic heterocycles. The van der Waals surface area contributed by atoms with E-state index in [2.05, 4.69) is 15.5 Å². The number of hydrogen-bond acceptors (Lipinski definition) is 6. The van der Waals surface area contributed by atoms with Crippen LogP contribution in [0, 0.1) is 5.92 Å². The molecule has 3 rings (SSSR count). The molecule has 3 heterocycles. The van der Waals surface area contributed by atoms with Crippen LogP contribution in [0.3, 0.4) is 0 Å². The van der Waals surface area contributed by atoms with Crippen molar-refractivity contribution < 1.29 is 13.2 Å². The smallest absolute Gasteiger partial charge is 0.223 e. The van der Waals surface area contributed by atoms with Gasteiger partial charge >= 0.3 is 0 Å². The number of pyridine rings is 1. The number of thioether (sulfide) groups is 1. The van der Waals surface area contributed by atoms with Crippen molar-refractivity contribution in [1.82, 2.24) is 24.2 Å². The van der Waals surface area contributed by atoms with Gasteiger partial charge in [0, 0.05) is 25.2 Å². The minimum absolute atomic E-state index is 0.0283. The van der Waals surface area contributed by atoms with E-state index in [9.17, 15) is 13.2 Å². The molecule has 1 aliphatic heterocycles. The van der Waals surface area contributed by atoms with Crippen LogP contribution in [-0.2, 0) is 14.8 Å². The number of hydrogen-bond donors (Lipinski definition) is 1. The summed E-state index contributed by atoms with van der Waals surface area (Å²) in [7, 11) is -3.21. The lowest BCUT2D eigenvalue weighted by molar-refractivity contribution is -0.127. The molecule has 8 nitrogen and oxygen atoms in total. The maximum absolute atomic E-state index is 13.0. The topological polar surface area (TPSA) is 96.7 Å². The minimum Gasteiger partial charge on any atom is -0.346 e. The molecule has 1 atom stereocenters. The minimum atomic E-state index is -3.21. The zero-order valence-corrected chi connectivity index (χ0v) is 19.3. The van der Waals surface area contributed by atoms with Crippen molar-refractivity contribution >= 4 is 33.3 Å². The Hall–Kier alpha value is -1.65. The first-order valence-electron chi connectivity index (χ1n) is 10.5. The van der Waals surface area contributed by atoms with Gasteiger partial charge in [0.2, 0.25) is 15.9 Å². The van der Waals surface area contributed by atoms with Gasteiger partial charge in [-0.05, 0) is 49.8 Å². The average molecular weight is 454 g/mol. The van der Waals surface area contributed by atoms with E-state index >= 15 is 0 Å².